The number of carbonyl (C=O) groups is 1. The van der Waals surface area contributed by atoms with E-state index in [9.17, 15) is 13.6 Å². The standard InChI is InChI=1S/C15H21F2NO/c1-5-15(6-2,18(3)4)14(19)10-11-9-12(16)7-8-13(11)17/h7-9H,5-6,10H2,1-4H3. The molecule has 1 rings (SSSR count). The van der Waals surface area contributed by atoms with E-state index in [2.05, 4.69) is 0 Å². The minimum absolute atomic E-state index is 0.0769. The highest BCUT2D eigenvalue weighted by atomic mass is 19.1. The van der Waals surface area contributed by atoms with Crippen LogP contribution in [-0.2, 0) is 11.2 Å². The van der Waals surface area contributed by atoms with Crippen molar-refractivity contribution in [2.24, 2.45) is 0 Å². The van der Waals surface area contributed by atoms with Crippen LogP contribution in [0.4, 0.5) is 8.78 Å². The van der Waals surface area contributed by atoms with Gasteiger partial charge in [0.05, 0.1) is 5.54 Å². The van der Waals surface area contributed by atoms with Gasteiger partial charge in [-0.05, 0) is 50.7 Å². The summed E-state index contributed by atoms with van der Waals surface area (Å²) < 4.78 is 26.7. The van der Waals surface area contributed by atoms with Crippen molar-refractivity contribution in [1.29, 1.82) is 0 Å². The number of hydrogen-bond acceptors (Lipinski definition) is 2. The quantitative estimate of drug-likeness (QED) is 0.790. The number of carbonyl (C=O) groups excluding carboxylic acids is 1. The molecule has 0 spiro atoms. The van der Waals surface area contributed by atoms with Gasteiger partial charge >= 0.3 is 0 Å². The zero-order valence-corrected chi connectivity index (χ0v) is 12.0. The summed E-state index contributed by atoms with van der Waals surface area (Å²) >= 11 is 0. The lowest BCUT2D eigenvalue weighted by Crippen LogP contribution is -2.51. The lowest BCUT2D eigenvalue weighted by atomic mass is 9.83. The van der Waals surface area contributed by atoms with Crippen LogP contribution in [0.25, 0.3) is 0 Å². The summed E-state index contributed by atoms with van der Waals surface area (Å²) in [5.41, 5.74) is -0.489. The van der Waals surface area contributed by atoms with Gasteiger partial charge in [0.25, 0.3) is 0 Å². The second-order valence-electron chi connectivity index (χ2n) is 4.97. The van der Waals surface area contributed by atoms with Crippen molar-refractivity contribution in [2.45, 2.75) is 38.6 Å². The molecule has 0 saturated carbocycles. The Bertz CT molecular complexity index is 453. The molecule has 19 heavy (non-hydrogen) atoms. The van der Waals surface area contributed by atoms with E-state index >= 15 is 0 Å². The van der Waals surface area contributed by atoms with E-state index in [0.717, 1.165) is 18.2 Å². The molecule has 0 fully saturated rings. The second kappa shape index (κ2) is 6.24. The molecule has 1 aromatic rings. The van der Waals surface area contributed by atoms with Crippen LogP contribution < -0.4 is 0 Å². The first-order chi connectivity index (χ1) is 8.87. The SMILES string of the molecule is CCC(CC)(C(=O)Cc1cc(F)ccc1F)N(C)C. The number of Topliss-reactive ketones (excluding diaryl/α,β-unsaturated/α-hetero) is 1. The first-order valence-electron chi connectivity index (χ1n) is 6.52. The number of likely N-dealkylation sites (N-methyl/N-ethyl adjacent to an activating group) is 1. The van der Waals surface area contributed by atoms with Crippen LogP contribution in [0.15, 0.2) is 18.2 Å². The summed E-state index contributed by atoms with van der Waals surface area (Å²) in [6.45, 7) is 3.87. The maximum absolute atomic E-state index is 13.6. The number of halogens is 2. The van der Waals surface area contributed by atoms with Gasteiger partial charge in [0.1, 0.15) is 11.6 Å². The highest BCUT2D eigenvalue weighted by molar-refractivity contribution is 5.90. The van der Waals surface area contributed by atoms with Crippen LogP contribution in [0.5, 0.6) is 0 Å². The molecule has 1 aromatic carbocycles. The van der Waals surface area contributed by atoms with E-state index in [-0.39, 0.29) is 17.8 Å². The molecule has 0 radical (unpaired) electrons. The van der Waals surface area contributed by atoms with E-state index in [4.69, 9.17) is 0 Å². The van der Waals surface area contributed by atoms with Crippen molar-refractivity contribution in [1.82, 2.24) is 4.90 Å². The molecule has 0 heterocycles. The van der Waals surface area contributed by atoms with Gasteiger partial charge in [-0.1, -0.05) is 13.8 Å². The molecule has 0 aliphatic heterocycles. The van der Waals surface area contributed by atoms with Crippen LogP contribution in [0.3, 0.4) is 0 Å². The van der Waals surface area contributed by atoms with Crippen LogP contribution in [0.2, 0.25) is 0 Å². The van der Waals surface area contributed by atoms with Gasteiger partial charge in [0.15, 0.2) is 5.78 Å². The van der Waals surface area contributed by atoms with Crippen molar-refractivity contribution in [3.63, 3.8) is 0 Å². The third-order valence-corrected chi connectivity index (χ3v) is 3.90. The van der Waals surface area contributed by atoms with E-state index < -0.39 is 17.2 Å². The molecule has 2 nitrogen and oxygen atoms in total. The number of benzene rings is 1. The molecule has 4 heteroatoms. The Labute approximate surface area is 113 Å². The van der Waals surface area contributed by atoms with Crippen molar-refractivity contribution >= 4 is 5.78 Å². The Morgan fingerprint density at radius 3 is 2.26 bits per heavy atom. The topological polar surface area (TPSA) is 20.3 Å². The molecule has 0 atom stereocenters. The summed E-state index contributed by atoms with van der Waals surface area (Å²) in [5.74, 6) is -1.13. The van der Waals surface area contributed by atoms with Gasteiger partial charge < -0.3 is 0 Å². The number of rotatable bonds is 6. The van der Waals surface area contributed by atoms with Crippen LogP contribution in [0.1, 0.15) is 32.3 Å². The Hall–Kier alpha value is -1.29. The third-order valence-electron chi connectivity index (χ3n) is 3.90. The molecule has 0 bridgehead atoms. The van der Waals surface area contributed by atoms with Crippen molar-refractivity contribution in [2.75, 3.05) is 14.1 Å². The summed E-state index contributed by atoms with van der Waals surface area (Å²) in [6.07, 6.45) is 1.21. The van der Waals surface area contributed by atoms with Gasteiger partial charge in [-0.15, -0.1) is 0 Å². The van der Waals surface area contributed by atoms with Crippen molar-refractivity contribution in [3.05, 3.63) is 35.4 Å². The molecule has 0 unspecified atom stereocenters. The maximum Gasteiger partial charge on any atom is 0.157 e. The monoisotopic (exact) mass is 269 g/mol. The molecule has 0 saturated heterocycles. The highest BCUT2D eigenvalue weighted by Gasteiger charge is 2.36. The van der Waals surface area contributed by atoms with E-state index in [1.165, 1.54) is 0 Å². The lowest BCUT2D eigenvalue weighted by molar-refractivity contribution is -0.129. The predicted octanol–water partition coefficient (Wildman–Crippen LogP) is 3.20. The normalized spacial score (nSPS) is 11.9. The number of nitrogens with zero attached hydrogens (tertiary/aromatic N) is 1. The molecular weight excluding hydrogens is 248 g/mol. The zero-order valence-electron chi connectivity index (χ0n) is 12.0. The molecular formula is C15H21F2NO. The fourth-order valence-electron chi connectivity index (χ4n) is 2.54. The van der Waals surface area contributed by atoms with Crippen molar-refractivity contribution in [3.8, 4) is 0 Å². The Morgan fingerprint density at radius 1 is 1.21 bits per heavy atom. The number of ketones is 1. The van der Waals surface area contributed by atoms with Crippen molar-refractivity contribution < 1.29 is 13.6 Å². The van der Waals surface area contributed by atoms with Gasteiger partial charge in [-0.3, -0.25) is 9.69 Å². The summed E-state index contributed by atoms with van der Waals surface area (Å²) in [4.78, 5) is 14.3. The lowest BCUT2D eigenvalue weighted by Gasteiger charge is -2.37. The largest absolute Gasteiger partial charge is 0.297 e. The van der Waals surface area contributed by atoms with E-state index in [1.807, 2.05) is 32.8 Å². The average Bonchev–Trinajstić information content (AvgIpc) is 2.35. The first-order valence-corrected chi connectivity index (χ1v) is 6.52. The molecule has 0 aliphatic carbocycles. The van der Waals surface area contributed by atoms with Crippen LogP contribution >= 0.6 is 0 Å². The second-order valence-corrected chi connectivity index (χ2v) is 4.97. The zero-order chi connectivity index (χ0) is 14.6. The van der Waals surface area contributed by atoms with Gasteiger partial charge in [-0.25, -0.2) is 8.78 Å². The third kappa shape index (κ3) is 3.18. The van der Waals surface area contributed by atoms with Gasteiger partial charge in [0.2, 0.25) is 0 Å². The Kier molecular flexibility index (Phi) is 5.18. The Balaban J connectivity index is 3.03. The fraction of sp³-hybridized carbons (Fsp3) is 0.533. The highest BCUT2D eigenvalue weighted by Crippen LogP contribution is 2.25. The predicted molar refractivity (Wildman–Crippen MR) is 72.1 cm³/mol. The minimum atomic E-state index is -0.612. The van der Waals surface area contributed by atoms with Gasteiger partial charge in [0, 0.05) is 6.42 Å². The fourth-order valence-corrected chi connectivity index (χ4v) is 2.54. The molecule has 106 valence electrons. The molecule has 0 aliphatic rings. The molecule has 0 N–H and O–H groups in total. The minimum Gasteiger partial charge on any atom is -0.297 e. The summed E-state index contributed by atoms with van der Waals surface area (Å²) in [5, 5.41) is 0. The molecule has 0 aromatic heterocycles. The maximum atomic E-state index is 13.6. The first kappa shape index (κ1) is 15.8. The van der Waals surface area contributed by atoms with Gasteiger partial charge in [-0.2, -0.15) is 0 Å². The molecule has 0 amide bonds. The van der Waals surface area contributed by atoms with Crippen LogP contribution in [-0.4, -0.2) is 30.3 Å². The number of hydrogen-bond donors (Lipinski definition) is 0. The summed E-state index contributed by atoms with van der Waals surface area (Å²) in [7, 11) is 3.68. The Morgan fingerprint density at radius 2 is 1.79 bits per heavy atom. The smallest absolute Gasteiger partial charge is 0.157 e. The summed E-state index contributed by atoms with van der Waals surface area (Å²) in [6, 6.07) is 3.22. The van der Waals surface area contributed by atoms with E-state index in [1.54, 1.807) is 0 Å². The average molecular weight is 269 g/mol. The van der Waals surface area contributed by atoms with E-state index in [0.29, 0.717) is 12.8 Å². The van der Waals surface area contributed by atoms with Crippen LogP contribution in [0, 0.1) is 11.6 Å².